The molecule has 1 heterocycles. The fraction of sp³-hybridized carbons (Fsp3) is 0.364. The Labute approximate surface area is 101 Å². The summed E-state index contributed by atoms with van der Waals surface area (Å²) in [4.78, 5) is 10.6. The molecule has 1 aliphatic rings. The van der Waals surface area contributed by atoms with Gasteiger partial charge in [-0.25, -0.2) is 0 Å². The monoisotopic (exact) mass is 236 g/mol. The molecule has 1 aromatic rings. The number of piperazine rings is 1. The van der Waals surface area contributed by atoms with Crippen LogP contribution in [0.4, 0.5) is 0 Å². The van der Waals surface area contributed by atoms with E-state index in [4.69, 9.17) is 10.0 Å². The van der Waals surface area contributed by atoms with Crippen LogP contribution in [0.15, 0.2) is 30.3 Å². The van der Waals surface area contributed by atoms with Crippen molar-refractivity contribution in [3.63, 3.8) is 0 Å². The highest BCUT2D eigenvalue weighted by molar-refractivity contribution is 6.58. The summed E-state index contributed by atoms with van der Waals surface area (Å²) in [7, 11) is -1.34. The lowest BCUT2D eigenvalue weighted by atomic mass is 9.81. The van der Waals surface area contributed by atoms with Gasteiger partial charge in [0.1, 0.15) is 0 Å². The number of hydrogen-bond donors (Lipinski definition) is 4. The van der Waals surface area contributed by atoms with Crippen molar-refractivity contribution < 1.29 is 14.8 Å². The second kappa shape index (κ2) is 7.06. The van der Waals surface area contributed by atoms with Gasteiger partial charge in [-0.1, -0.05) is 30.3 Å². The van der Waals surface area contributed by atoms with Crippen LogP contribution < -0.4 is 16.1 Å². The first-order valence-electron chi connectivity index (χ1n) is 5.53. The second-order valence-electron chi connectivity index (χ2n) is 3.75. The van der Waals surface area contributed by atoms with Crippen molar-refractivity contribution in [3.05, 3.63) is 30.3 Å². The van der Waals surface area contributed by atoms with E-state index in [0.29, 0.717) is 5.46 Å². The highest BCUT2D eigenvalue weighted by atomic mass is 16.4. The zero-order valence-electron chi connectivity index (χ0n) is 9.76. The molecule has 0 radical (unpaired) electrons. The van der Waals surface area contributed by atoms with E-state index >= 15 is 0 Å². The summed E-state index contributed by atoms with van der Waals surface area (Å²) in [5.74, 6) is 0.108. The molecule has 1 unspecified atom stereocenters. The summed E-state index contributed by atoms with van der Waals surface area (Å²) in [5.41, 5.74) is 0.525. The van der Waals surface area contributed by atoms with Crippen LogP contribution in [-0.4, -0.2) is 42.2 Å². The van der Waals surface area contributed by atoms with Crippen molar-refractivity contribution in [2.24, 2.45) is 0 Å². The summed E-state index contributed by atoms with van der Waals surface area (Å²) >= 11 is 0. The molecule has 1 aromatic carbocycles. The Hall–Kier alpha value is -1.37. The zero-order valence-corrected chi connectivity index (χ0v) is 9.76. The van der Waals surface area contributed by atoms with E-state index in [-0.39, 0.29) is 11.9 Å². The predicted molar refractivity (Wildman–Crippen MR) is 66.7 cm³/mol. The summed E-state index contributed by atoms with van der Waals surface area (Å²) < 4.78 is 0. The lowest BCUT2D eigenvalue weighted by molar-refractivity contribution is -0.123. The van der Waals surface area contributed by atoms with Crippen molar-refractivity contribution >= 4 is 18.5 Å². The average molecular weight is 236 g/mol. The quantitative estimate of drug-likeness (QED) is 0.445. The Morgan fingerprint density at radius 1 is 1.24 bits per heavy atom. The van der Waals surface area contributed by atoms with Gasteiger partial charge in [-0.15, -0.1) is 0 Å². The molecule has 1 amide bonds. The van der Waals surface area contributed by atoms with E-state index in [1.807, 2.05) is 13.0 Å². The van der Waals surface area contributed by atoms with Gasteiger partial charge in [-0.2, -0.15) is 0 Å². The van der Waals surface area contributed by atoms with Gasteiger partial charge < -0.3 is 20.7 Å². The van der Waals surface area contributed by atoms with Gasteiger partial charge in [0.2, 0.25) is 5.91 Å². The topological polar surface area (TPSA) is 81.6 Å². The van der Waals surface area contributed by atoms with Gasteiger partial charge in [0.25, 0.3) is 0 Å². The molecule has 0 aromatic heterocycles. The molecule has 1 atom stereocenters. The summed E-state index contributed by atoms with van der Waals surface area (Å²) in [5, 5.41) is 22.9. The Kier molecular flexibility index (Phi) is 5.69. The largest absolute Gasteiger partial charge is 0.488 e. The van der Waals surface area contributed by atoms with Crippen LogP contribution in [0, 0.1) is 0 Å². The summed E-state index contributed by atoms with van der Waals surface area (Å²) in [6.45, 7) is 3.52. The zero-order chi connectivity index (χ0) is 12.7. The maximum absolute atomic E-state index is 10.6. The molecule has 1 aliphatic heterocycles. The first-order valence-corrected chi connectivity index (χ1v) is 5.53. The molecular weight excluding hydrogens is 219 g/mol. The summed E-state index contributed by atoms with van der Waals surface area (Å²) in [6.07, 6.45) is 0. The molecular formula is C11H17BN2O3. The first kappa shape index (κ1) is 13.7. The number of carbonyl (C=O) groups is 1. The van der Waals surface area contributed by atoms with Gasteiger partial charge in [-0.05, 0) is 12.4 Å². The second-order valence-corrected chi connectivity index (χ2v) is 3.75. The molecule has 0 bridgehead atoms. The van der Waals surface area contributed by atoms with E-state index in [1.54, 1.807) is 24.3 Å². The molecule has 92 valence electrons. The van der Waals surface area contributed by atoms with E-state index in [2.05, 4.69) is 10.6 Å². The van der Waals surface area contributed by atoms with Crippen molar-refractivity contribution in [1.82, 2.24) is 10.6 Å². The van der Waals surface area contributed by atoms with Gasteiger partial charge in [0.05, 0.1) is 6.04 Å². The Bertz CT molecular complexity index is 346. The number of rotatable bonds is 1. The Morgan fingerprint density at radius 3 is 2.24 bits per heavy atom. The van der Waals surface area contributed by atoms with Crippen LogP contribution in [0.25, 0.3) is 0 Å². The highest BCUT2D eigenvalue weighted by Gasteiger charge is 2.14. The molecule has 2 rings (SSSR count). The van der Waals surface area contributed by atoms with Crippen LogP contribution in [0.1, 0.15) is 6.92 Å². The first-order chi connectivity index (χ1) is 8.11. The number of carbonyl (C=O) groups excluding carboxylic acids is 1. The van der Waals surface area contributed by atoms with Crippen molar-refractivity contribution in [2.75, 3.05) is 13.1 Å². The third kappa shape index (κ3) is 4.99. The maximum Gasteiger partial charge on any atom is 0.488 e. The minimum atomic E-state index is -1.34. The number of amides is 1. The normalized spacial score (nSPS) is 18.8. The molecule has 5 nitrogen and oxygen atoms in total. The molecule has 0 aliphatic carbocycles. The van der Waals surface area contributed by atoms with Crippen LogP contribution >= 0.6 is 0 Å². The lowest BCUT2D eigenvalue weighted by Crippen LogP contribution is -2.51. The third-order valence-electron chi connectivity index (χ3n) is 2.37. The number of benzene rings is 1. The number of nitrogens with one attached hydrogen (secondary N) is 2. The van der Waals surface area contributed by atoms with Gasteiger partial charge in [0.15, 0.2) is 0 Å². The summed E-state index contributed by atoms with van der Waals surface area (Å²) in [6, 6.07) is 8.66. The lowest BCUT2D eigenvalue weighted by Gasteiger charge is -2.19. The highest BCUT2D eigenvalue weighted by Crippen LogP contribution is 1.84. The third-order valence-corrected chi connectivity index (χ3v) is 2.37. The number of hydrogen-bond acceptors (Lipinski definition) is 4. The standard InChI is InChI=1S/C6H7BO2.C5H10N2O/c8-7(9)6-4-2-1-3-5-6;1-4-5(8)7-3-2-6-4/h1-5,8-9H;4,6H,2-3H2,1H3,(H,7,8). The Morgan fingerprint density at radius 2 is 1.88 bits per heavy atom. The molecule has 4 N–H and O–H groups in total. The fourth-order valence-corrected chi connectivity index (χ4v) is 1.35. The van der Waals surface area contributed by atoms with Crippen LogP contribution in [0.5, 0.6) is 0 Å². The van der Waals surface area contributed by atoms with Crippen molar-refractivity contribution in [2.45, 2.75) is 13.0 Å². The van der Waals surface area contributed by atoms with E-state index < -0.39 is 7.12 Å². The minimum Gasteiger partial charge on any atom is -0.423 e. The van der Waals surface area contributed by atoms with E-state index in [1.165, 1.54) is 0 Å². The van der Waals surface area contributed by atoms with Crippen LogP contribution in [-0.2, 0) is 4.79 Å². The van der Waals surface area contributed by atoms with Crippen LogP contribution in [0.2, 0.25) is 0 Å². The molecule has 0 spiro atoms. The van der Waals surface area contributed by atoms with E-state index in [0.717, 1.165) is 13.1 Å². The van der Waals surface area contributed by atoms with Gasteiger partial charge >= 0.3 is 7.12 Å². The molecule has 0 saturated carbocycles. The van der Waals surface area contributed by atoms with Crippen LogP contribution in [0.3, 0.4) is 0 Å². The fourth-order valence-electron chi connectivity index (χ4n) is 1.35. The van der Waals surface area contributed by atoms with Crippen molar-refractivity contribution in [3.8, 4) is 0 Å². The molecule has 17 heavy (non-hydrogen) atoms. The maximum atomic E-state index is 10.6. The predicted octanol–water partition coefficient (Wildman–Crippen LogP) is -1.54. The Balaban J connectivity index is 0.000000171. The van der Waals surface area contributed by atoms with Crippen molar-refractivity contribution in [1.29, 1.82) is 0 Å². The molecule has 1 fully saturated rings. The van der Waals surface area contributed by atoms with Gasteiger partial charge in [0, 0.05) is 13.1 Å². The average Bonchev–Trinajstić information content (AvgIpc) is 2.35. The van der Waals surface area contributed by atoms with E-state index in [9.17, 15) is 4.79 Å². The molecule has 6 heteroatoms. The van der Waals surface area contributed by atoms with Gasteiger partial charge in [-0.3, -0.25) is 4.79 Å². The SMILES string of the molecule is CC1NCCNC1=O.OB(O)c1ccccc1. The molecule has 1 saturated heterocycles. The smallest absolute Gasteiger partial charge is 0.423 e. The minimum absolute atomic E-state index is 0.00347.